The molecule has 0 bridgehead atoms. The zero-order chi connectivity index (χ0) is 13.1. The lowest BCUT2D eigenvalue weighted by molar-refractivity contribution is 0.0731. The van der Waals surface area contributed by atoms with Crippen molar-refractivity contribution in [1.82, 2.24) is 4.98 Å². The number of benzene rings is 2. The van der Waals surface area contributed by atoms with Crippen LogP contribution in [0.25, 0.3) is 10.8 Å². The van der Waals surface area contributed by atoms with E-state index in [1.807, 2.05) is 48.5 Å². The van der Waals surface area contributed by atoms with Gasteiger partial charge in [-0.2, -0.15) is 0 Å². The fraction of sp³-hybridized carbons (Fsp3) is 0. The maximum absolute atomic E-state index is 12.1. The first kappa shape index (κ1) is 11.4. The Morgan fingerprint density at radius 2 is 1.63 bits per heavy atom. The molecule has 3 rings (SSSR count). The van der Waals surface area contributed by atoms with E-state index in [9.17, 15) is 4.79 Å². The Morgan fingerprint density at radius 3 is 2.47 bits per heavy atom. The van der Waals surface area contributed by atoms with E-state index in [1.165, 1.54) is 0 Å². The normalized spacial score (nSPS) is 10.3. The minimum absolute atomic E-state index is 0.335. The van der Waals surface area contributed by atoms with Crippen LogP contribution >= 0.6 is 0 Å². The van der Waals surface area contributed by atoms with Crippen LogP contribution in [0, 0.1) is 0 Å². The molecule has 3 heteroatoms. The monoisotopic (exact) mass is 249 g/mol. The maximum atomic E-state index is 12.1. The van der Waals surface area contributed by atoms with Crippen LogP contribution in [-0.4, -0.2) is 11.0 Å². The molecule has 0 amide bonds. The summed E-state index contributed by atoms with van der Waals surface area (Å²) in [6.45, 7) is 0. The van der Waals surface area contributed by atoms with Crippen molar-refractivity contribution in [3.8, 4) is 5.75 Å². The molecular weight excluding hydrogens is 238 g/mol. The second-order valence-electron chi connectivity index (χ2n) is 4.08. The molecule has 92 valence electrons. The van der Waals surface area contributed by atoms with Gasteiger partial charge in [0.05, 0.1) is 0 Å². The predicted molar refractivity (Wildman–Crippen MR) is 73.1 cm³/mol. The van der Waals surface area contributed by atoms with Crippen molar-refractivity contribution < 1.29 is 9.53 Å². The lowest BCUT2D eigenvalue weighted by atomic mass is 10.1. The molecule has 0 aliphatic carbocycles. The van der Waals surface area contributed by atoms with Gasteiger partial charge >= 0.3 is 5.97 Å². The van der Waals surface area contributed by atoms with Gasteiger partial charge in [0.1, 0.15) is 5.75 Å². The second-order valence-corrected chi connectivity index (χ2v) is 4.08. The molecule has 0 aliphatic heterocycles. The fourth-order valence-corrected chi connectivity index (χ4v) is 1.93. The van der Waals surface area contributed by atoms with E-state index in [4.69, 9.17) is 4.74 Å². The van der Waals surface area contributed by atoms with Crippen LogP contribution in [0.5, 0.6) is 5.75 Å². The van der Waals surface area contributed by atoms with Gasteiger partial charge in [0.25, 0.3) is 0 Å². The maximum Gasteiger partial charge on any atom is 0.362 e. The molecule has 0 spiro atoms. The molecule has 0 fully saturated rings. The molecule has 1 heterocycles. The van der Waals surface area contributed by atoms with E-state index in [0.29, 0.717) is 11.4 Å². The highest BCUT2D eigenvalue weighted by atomic mass is 16.5. The fourth-order valence-electron chi connectivity index (χ4n) is 1.93. The number of hydrogen-bond donors (Lipinski definition) is 0. The Bertz CT molecular complexity index is 718. The third kappa shape index (κ3) is 2.31. The minimum Gasteiger partial charge on any atom is -0.422 e. The van der Waals surface area contributed by atoms with Crippen molar-refractivity contribution in [1.29, 1.82) is 0 Å². The molecule has 0 saturated heterocycles. The van der Waals surface area contributed by atoms with Gasteiger partial charge in [-0.3, -0.25) is 0 Å². The van der Waals surface area contributed by atoms with Gasteiger partial charge in [-0.15, -0.1) is 0 Å². The Kier molecular flexibility index (Phi) is 2.94. The highest BCUT2D eigenvalue weighted by Crippen LogP contribution is 2.18. The lowest BCUT2D eigenvalue weighted by Gasteiger charge is -2.06. The van der Waals surface area contributed by atoms with E-state index < -0.39 is 5.97 Å². The first-order chi connectivity index (χ1) is 9.34. The van der Waals surface area contributed by atoms with Crippen LogP contribution in [0.2, 0.25) is 0 Å². The van der Waals surface area contributed by atoms with Gasteiger partial charge in [-0.1, -0.05) is 42.5 Å². The number of carbonyl (C=O) groups is 1. The summed E-state index contributed by atoms with van der Waals surface area (Å²) in [5.41, 5.74) is 0.335. The highest BCUT2D eigenvalue weighted by Gasteiger charge is 2.13. The third-order valence-electron chi connectivity index (χ3n) is 2.82. The average Bonchev–Trinajstić information content (AvgIpc) is 2.47. The van der Waals surface area contributed by atoms with Gasteiger partial charge in [0.2, 0.25) is 0 Å². The zero-order valence-electron chi connectivity index (χ0n) is 10.1. The van der Waals surface area contributed by atoms with Crippen molar-refractivity contribution in [2.24, 2.45) is 0 Å². The first-order valence-electron chi connectivity index (χ1n) is 5.95. The van der Waals surface area contributed by atoms with Crippen molar-refractivity contribution in [3.05, 3.63) is 72.6 Å². The Balaban J connectivity index is 1.98. The third-order valence-corrected chi connectivity index (χ3v) is 2.82. The predicted octanol–water partition coefficient (Wildman–Crippen LogP) is 3.45. The average molecular weight is 249 g/mol. The number of para-hydroxylation sites is 1. The quantitative estimate of drug-likeness (QED) is 0.515. The van der Waals surface area contributed by atoms with Crippen LogP contribution in [-0.2, 0) is 0 Å². The number of esters is 1. The molecular formula is C16H11NO2. The van der Waals surface area contributed by atoms with Gasteiger partial charge in [0.15, 0.2) is 5.69 Å². The lowest BCUT2D eigenvalue weighted by Crippen LogP contribution is -2.10. The molecule has 0 saturated carbocycles. The minimum atomic E-state index is -0.442. The summed E-state index contributed by atoms with van der Waals surface area (Å²) in [5.74, 6) is 0.0743. The van der Waals surface area contributed by atoms with Crippen molar-refractivity contribution in [2.45, 2.75) is 0 Å². The number of fused-ring (bicyclic) bond motifs is 1. The second kappa shape index (κ2) is 4.90. The standard InChI is InChI=1S/C16H11NO2/c18-16(19-13-7-2-1-3-8-13)15-14-9-5-4-6-12(14)10-11-17-15/h1-11H. The number of carbonyl (C=O) groups excluding carboxylic acids is 1. The molecule has 0 unspecified atom stereocenters. The Hall–Kier alpha value is -2.68. The van der Waals surface area contributed by atoms with Crippen LogP contribution in [0.4, 0.5) is 0 Å². The van der Waals surface area contributed by atoms with E-state index in [1.54, 1.807) is 18.3 Å². The van der Waals surface area contributed by atoms with Gasteiger partial charge < -0.3 is 4.74 Å². The van der Waals surface area contributed by atoms with Crippen molar-refractivity contribution >= 4 is 16.7 Å². The topological polar surface area (TPSA) is 39.2 Å². The van der Waals surface area contributed by atoms with Crippen molar-refractivity contribution in [3.63, 3.8) is 0 Å². The molecule has 3 aromatic rings. The first-order valence-corrected chi connectivity index (χ1v) is 5.95. The summed E-state index contributed by atoms with van der Waals surface area (Å²) < 4.78 is 5.31. The van der Waals surface area contributed by atoms with E-state index in [2.05, 4.69) is 4.98 Å². The van der Waals surface area contributed by atoms with Crippen molar-refractivity contribution in [2.75, 3.05) is 0 Å². The summed E-state index contributed by atoms with van der Waals surface area (Å²) in [7, 11) is 0. The van der Waals surface area contributed by atoms with E-state index >= 15 is 0 Å². The molecule has 3 nitrogen and oxygen atoms in total. The Morgan fingerprint density at radius 1 is 0.895 bits per heavy atom. The molecule has 2 aromatic carbocycles. The van der Waals surface area contributed by atoms with Gasteiger partial charge in [-0.05, 0) is 23.6 Å². The highest BCUT2D eigenvalue weighted by molar-refractivity contribution is 6.03. The van der Waals surface area contributed by atoms with E-state index in [0.717, 1.165) is 10.8 Å². The summed E-state index contributed by atoms with van der Waals surface area (Å²) in [6, 6.07) is 18.5. The number of rotatable bonds is 2. The Labute approximate surface area is 110 Å². The largest absolute Gasteiger partial charge is 0.422 e. The molecule has 0 N–H and O–H groups in total. The van der Waals surface area contributed by atoms with Gasteiger partial charge in [0, 0.05) is 11.6 Å². The van der Waals surface area contributed by atoms with Crippen LogP contribution < -0.4 is 4.74 Å². The van der Waals surface area contributed by atoms with Gasteiger partial charge in [-0.25, -0.2) is 9.78 Å². The summed E-state index contributed by atoms with van der Waals surface area (Å²) in [4.78, 5) is 16.3. The summed E-state index contributed by atoms with van der Waals surface area (Å²) >= 11 is 0. The molecule has 0 atom stereocenters. The van der Waals surface area contributed by atoms with Crippen LogP contribution in [0.15, 0.2) is 66.9 Å². The van der Waals surface area contributed by atoms with Crippen LogP contribution in [0.1, 0.15) is 10.5 Å². The number of ether oxygens (including phenoxy) is 1. The van der Waals surface area contributed by atoms with E-state index in [-0.39, 0.29) is 0 Å². The number of nitrogens with zero attached hydrogens (tertiary/aromatic N) is 1. The smallest absolute Gasteiger partial charge is 0.362 e. The molecule has 0 radical (unpaired) electrons. The number of hydrogen-bond acceptors (Lipinski definition) is 3. The summed E-state index contributed by atoms with van der Waals surface area (Å²) in [5, 5.41) is 1.77. The number of pyridine rings is 1. The summed E-state index contributed by atoms with van der Waals surface area (Å²) in [6.07, 6.45) is 1.62. The molecule has 1 aromatic heterocycles. The van der Waals surface area contributed by atoms with Crippen LogP contribution in [0.3, 0.4) is 0 Å². The molecule has 0 aliphatic rings. The SMILES string of the molecule is O=C(Oc1ccccc1)c1nccc2ccccc12. The number of aromatic nitrogens is 1. The zero-order valence-corrected chi connectivity index (χ0v) is 10.1. The molecule has 19 heavy (non-hydrogen) atoms.